The summed E-state index contributed by atoms with van der Waals surface area (Å²) >= 11 is 0. The second kappa shape index (κ2) is 9.87. The number of carbonyl (C=O) groups excluding carboxylic acids is 3. The summed E-state index contributed by atoms with van der Waals surface area (Å²) < 4.78 is 23.0. The zero-order valence-electron chi connectivity index (χ0n) is 16.6. The van der Waals surface area contributed by atoms with E-state index >= 15 is 0 Å². The lowest BCUT2D eigenvalue weighted by Crippen LogP contribution is -2.46. The van der Waals surface area contributed by atoms with Crippen LogP contribution in [0.5, 0.6) is 5.75 Å². The van der Waals surface area contributed by atoms with Crippen molar-refractivity contribution in [3.63, 3.8) is 0 Å². The van der Waals surface area contributed by atoms with E-state index in [0.717, 1.165) is 0 Å². The van der Waals surface area contributed by atoms with Gasteiger partial charge in [-0.25, -0.2) is 9.18 Å². The van der Waals surface area contributed by atoms with Gasteiger partial charge < -0.3 is 19.7 Å². The number of hydrogen-bond acceptors (Lipinski definition) is 5. The summed E-state index contributed by atoms with van der Waals surface area (Å²) in [6, 6.07) is 11.7. The van der Waals surface area contributed by atoms with Gasteiger partial charge in [0.2, 0.25) is 0 Å². The highest BCUT2D eigenvalue weighted by Gasteiger charge is 2.25. The number of ether oxygens (including phenoxy) is 2. The number of piperidine rings is 1. The Morgan fingerprint density at radius 3 is 2.40 bits per heavy atom. The third kappa shape index (κ3) is 5.56. The predicted molar refractivity (Wildman–Crippen MR) is 107 cm³/mol. The van der Waals surface area contributed by atoms with Crippen LogP contribution in [0, 0.1) is 5.82 Å². The summed E-state index contributed by atoms with van der Waals surface area (Å²) in [6.45, 7) is 2.85. The average Bonchev–Trinajstić information content (AvgIpc) is 2.74. The van der Waals surface area contributed by atoms with Crippen molar-refractivity contribution in [1.82, 2.24) is 10.2 Å². The molecule has 0 aliphatic carbocycles. The lowest BCUT2D eigenvalue weighted by molar-refractivity contribution is 0.0697. The van der Waals surface area contributed by atoms with Crippen LogP contribution >= 0.6 is 0 Å². The van der Waals surface area contributed by atoms with E-state index in [2.05, 4.69) is 5.32 Å². The summed E-state index contributed by atoms with van der Waals surface area (Å²) in [5.41, 5.74) is 0.757. The van der Waals surface area contributed by atoms with Gasteiger partial charge in [0.1, 0.15) is 11.6 Å². The first-order valence-corrected chi connectivity index (χ1v) is 9.76. The molecule has 3 rings (SSSR count). The zero-order chi connectivity index (χ0) is 21.5. The molecule has 2 aromatic rings. The predicted octanol–water partition coefficient (Wildman–Crippen LogP) is 3.40. The summed E-state index contributed by atoms with van der Waals surface area (Å²) in [7, 11) is 0. The molecule has 0 saturated carbocycles. The molecule has 0 bridgehead atoms. The van der Waals surface area contributed by atoms with Crippen LogP contribution in [-0.4, -0.2) is 48.6 Å². The highest BCUT2D eigenvalue weighted by Crippen LogP contribution is 2.17. The van der Waals surface area contributed by atoms with Crippen molar-refractivity contribution in [2.24, 2.45) is 0 Å². The van der Waals surface area contributed by atoms with Crippen LogP contribution in [0.4, 0.5) is 9.18 Å². The monoisotopic (exact) mass is 414 g/mol. The molecular formula is C22H23FN2O5. The number of carbonyl (C=O) groups is 3. The maximum atomic E-state index is 13.3. The van der Waals surface area contributed by atoms with Gasteiger partial charge in [-0.1, -0.05) is 6.07 Å². The summed E-state index contributed by atoms with van der Waals surface area (Å²) in [6.07, 6.45) is 0.419. The van der Waals surface area contributed by atoms with Crippen molar-refractivity contribution in [1.29, 1.82) is 0 Å². The summed E-state index contributed by atoms with van der Waals surface area (Å²) in [4.78, 5) is 37.9. The number of nitrogens with zero attached hydrogens (tertiary/aromatic N) is 1. The van der Waals surface area contributed by atoms with Gasteiger partial charge in [-0.05, 0) is 62.2 Å². The van der Waals surface area contributed by atoms with Crippen LogP contribution in [0.25, 0.3) is 0 Å². The molecule has 1 fully saturated rings. The van der Waals surface area contributed by atoms with Gasteiger partial charge in [0, 0.05) is 30.3 Å². The molecule has 0 aromatic heterocycles. The Hall–Kier alpha value is -3.42. The SMILES string of the molecule is CCOC(=O)Oc1ccc(C(=O)NC2CCN(C(=O)c3cccc(F)c3)CC2)cc1. The molecule has 30 heavy (non-hydrogen) atoms. The molecule has 2 aromatic carbocycles. The van der Waals surface area contributed by atoms with Gasteiger partial charge in [-0.15, -0.1) is 0 Å². The first kappa shape index (κ1) is 21.3. The molecule has 1 aliphatic rings. The Balaban J connectivity index is 1.49. The Kier molecular flexibility index (Phi) is 7.00. The van der Waals surface area contributed by atoms with Crippen LogP contribution in [0.1, 0.15) is 40.5 Å². The van der Waals surface area contributed by atoms with Gasteiger partial charge in [0.15, 0.2) is 0 Å². The highest BCUT2D eigenvalue weighted by molar-refractivity contribution is 5.95. The molecule has 1 aliphatic heterocycles. The van der Waals surface area contributed by atoms with Gasteiger partial charge in [0.05, 0.1) is 6.61 Å². The van der Waals surface area contributed by atoms with Crippen LogP contribution in [0.3, 0.4) is 0 Å². The maximum absolute atomic E-state index is 13.3. The fraction of sp³-hybridized carbons (Fsp3) is 0.318. The Morgan fingerprint density at radius 1 is 1.07 bits per heavy atom. The topological polar surface area (TPSA) is 84.9 Å². The van der Waals surface area contributed by atoms with Crippen LogP contribution in [0.15, 0.2) is 48.5 Å². The van der Waals surface area contributed by atoms with E-state index < -0.39 is 12.0 Å². The molecule has 0 atom stereocenters. The molecule has 0 spiro atoms. The second-order valence-corrected chi connectivity index (χ2v) is 6.86. The fourth-order valence-corrected chi connectivity index (χ4v) is 3.22. The minimum Gasteiger partial charge on any atom is -0.434 e. The number of likely N-dealkylation sites (tertiary alicyclic amines) is 1. The van der Waals surface area contributed by atoms with E-state index in [9.17, 15) is 18.8 Å². The maximum Gasteiger partial charge on any atom is 0.513 e. The van der Waals surface area contributed by atoms with E-state index in [0.29, 0.717) is 37.1 Å². The third-order valence-electron chi connectivity index (χ3n) is 4.77. The fourth-order valence-electron chi connectivity index (χ4n) is 3.22. The van der Waals surface area contributed by atoms with E-state index in [1.54, 1.807) is 30.0 Å². The van der Waals surface area contributed by atoms with E-state index in [-0.39, 0.29) is 30.2 Å². The number of benzene rings is 2. The van der Waals surface area contributed by atoms with Crippen molar-refractivity contribution in [3.05, 3.63) is 65.5 Å². The minimum atomic E-state index is -0.797. The molecule has 2 amide bonds. The number of rotatable bonds is 5. The standard InChI is InChI=1S/C22H23FN2O5/c1-2-29-22(28)30-19-8-6-15(7-9-19)20(26)24-18-10-12-25(13-11-18)21(27)16-4-3-5-17(23)14-16/h3-9,14,18H,2,10-13H2,1H3,(H,24,26). The number of halogens is 1. The van der Waals surface area contributed by atoms with Crippen molar-refractivity contribution in [2.75, 3.05) is 19.7 Å². The largest absolute Gasteiger partial charge is 0.513 e. The lowest BCUT2D eigenvalue weighted by Gasteiger charge is -2.32. The molecular weight excluding hydrogens is 391 g/mol. The van der Waals surface area contributed by atoms with Gasteiger partial charge in [0.25, 0.3) is 11.8 Å². The molecule has 0 radical (unpaired) electrons. The molecule has 0 unspecified atom stereocenters. The van der Waals surface area contributed by atoms with Gasteiger partial charge >= 0.3 is 6.16 Å². The van der Waals surface area contributed by atoms with E-state index in [1.807, 2.05) is 0 Å². The lowest BCUT2D eigenvalue weighted by atomic mass is 10.0. The Morgan fingerprint density at radius 2 is 1.77 bits per heavy atom. The summed E-state index contributed by atoms with van der Waals surface area (Å²) in [5, 5.41) is 2.95. The normalized spacial score (nSPS) is 14.1. The zero-order valence-corrected chi connectivity index (χ0v) is 16.6. The summed E-state index contributed by atoms with van der Waals surface area (Å²) in [5.74, 6) is -0.611. The quantitative estimate of drug-likeness (QED) is 0.599. The van der Waals surface area contributed by atoms with Crippen molar-refractivity contribution < 1.29 is 28.2 Å². The third-order valence-corrected chi connectivity index (χ3v) is 4.77. The highest BCUT2D eigenvalue weighted by atomic mass is 19.1. The minimum absolute atomic E-state index is 0.0653. The average molecular weight is 414 g/mol. The van der Waals surface area contributed by atoms with Crippen molar-refractivity contribution in [3.8, 4) is 5.75 Å². The molecule has 8 heteroatoms. The molecule has 7 nitrogen and oxygen atoms in total. The number of nitrogens with one attached hydrogen (secondary N) is 1. The number of amides is 2. The van der Waals surface area contributed by atoms with E-state index in [4.69, 9.17) is 9.47 Å². The van der Waals surface area contributed by atoms with Gasteiger partial charge in [-0.3, -0.25) is 9.59 Å². The first-order valence-electron chi connectivity index (χ1n) is 9.76. The van der Waals surface area contributed by atoms with Crippen LogP contribution in [0.2, 0.25) is 0 Å². The first-order chi connectivity index (χ1) is 14.5. The smallest absolute Gasteiger partial charge is 0.434 e. The molecule has 1 N–H and O–H groups in total. The Bertz CT molecular complexity index is 908. The van der Waals surface area contributed by atoms with Crippen molar-refractivity contribution in [2.45, 2.75) is 25.8 Å². The van der Waals surface area contributed by atoms with Crippen LogP contribution < -0.4 is 10.1 Å². The van der Waals surface area contributed by atoms with Crippen LogP contribution in [-0.2, 0) is 4.74 Å². The molecule has 158 valence electrons. The number of hydrogen-bond donors (Lipinski definition) is 1. The Labute approximate surface area is 173 Å². The van der Waals surface area contributed by atoms with Crippen molar-refractivity contribution >= 4 is 18.0 Å². The van der Waals surface area contributed by atoms with E-state index in [1.165, 1.54) is 30.3 Å². The molecule has 1 saturated heterocycles. The second-order valence-electron chi connectivity index (χ2n) is 6.86. The van der Waals surface area contributed by atoms with Gasteiger partial charge in [-0.2, -0.15) is 0 Å². The molecule has 1 heterocycles.